The van der Waals surface area contributed by atoms with Gasteiger partial charge in [0.25, 0.3) is 11.5 Å². The average Bonchev–Trinajstić information content (AvgIpc) is 3.18. The third kappa shape index (κ3) is 4.03. The first-order chi connectivity index (χ1) is 15.2. The van der Waals surface area contributed by atoms with Crippen LogP contribution in [0.2, 0.25) is 0 Å². The topological polar surface area (TPSA) is 66.1 Å². The van der Waals surface area contributed by atoms with Crippen molar-refractivity contribution in [1.29, 1.82) is 0 Å². The van der Waals surface area contributed by atoms with Gasteiger partial charge in [-0.15, -0.1) is 11.3 Å². The Hall–Kier alpha value is -3.25. The minimum absolute atomic E-state index is 0.0855. The van der Waals surface area contributed by atoms with Gasteiger partial charge < -0.3 is 9.88 Å². The van der Waals surface area contributed by atoms with Crippen molar-refractivity contribution in [3.63, 3.8) is 0 Å². The van der Waals surface area contributed by atoms with Crippen molar-refractivity contribution in [1.82, 2.24) is 14.9 Å². The predicted molar refractivity (Wildman–Crippen MR) is 123 cm³/mol. The lowest BCUT2D eigenvalue weighted by molar-refractivity contribution is 0.0725. The van der Waals surface area contributed by atoms with Crippen molar-refractivity contribution in [2.24, 2.45) is 0 Å². The molecule has 0 atom stereocenters. The monoisotopic (exact) mass is 429 g/mol. The molecule has 0 bridgehead atoms. The normalized spacial score (nSPS) is 13.2. The first-order valence-electron chi connectivity index (χ1n) is 10.6. The molecular weight excluding hydrogens is 406 g/mol. The van der Waals surface area contributed by atoms with Crippen molar-refractivity contribution >= 4 is 27.5 Å². The Morgan fingerprint density at radius 2 is 1.68 bits per heavy atom. The number of benzene rings is 2. The minimum Gasteiger partial charge on any atom is -0.327 e. The first-order valence-corrected chi connectivity index (χ1v) is 11.4. The number of carbonyl (C=O) groups excluding carboxylic acids is 1. The zero-order chi connectivity index (χ0) is 21.2. The van der Waals surface area contributed by atoms with Gasteiger partial charge in [-0.2, -0.15) is 0 Å². The molecule has 0 spiro atoms. The summed E-state index contributed by atoms with van der Waals surface area (Å²) in [7, 11) is 0. The van der Waals surface area contributed by atoms with Crippen LogP contribution in [0.3, 0.4) is 0 Å². The molecule has 2 aromatic heterocycles. The highest BCUT2D eigenvalue weighted by molar-refractivity contribution is 7.18. The van der Waals surface area contributed by atoms with Crippen molar-refractivity contribution in [3.05, 3.63) is 98.4 Å². The van der Waals surface area contributed by atoms with Crippen LogP contribution >= 0.6 is 11.3 Å². The molecule has 31 heavy (non-hydrogen) atoms. The molecule has 1 N–H and O–H groups in total. The number of aromatic amines is 1. The summed E-state index contributed by atoms with van der Waals surface area (Å²) in [6, 6.07) is 19.1. The fraction of sp³-hybridized carbons (Fsp3) is 0.240. The standard InChI is InChI=1S/C25H23N3O2S/c29-23-22-19-13-7-8-14-20(19)31-24(22)27-21(26-23)16-28(15-17-9-3-1-4-10-17)25(30)18-11-5-2-6-12-18/h1-6,9-12H,7-8,13-16H2,(H,26,27,29). The van der Waals surface area contributed by atoms with Crippen LogP contribution in [0.15, 0.2) is 65.5 Å². The van der Waals surface area contributed by atoms with E-state index in [9.17, 15) is 9.59 Å². The molecule has 1 aliphatic rings. The lowest BCUT2D eigenvalue weighted by Crippen LogP contribution is -2.31. The lowest BCUT2D eigenvalue weighted by Gasteiger charge is -2.22. The minimum atomic E-state index is -0.0915. The van der Waals surface area contributed by atoms with E-state index in [4.69, 9.17) is 4.98 Å². The third-order valence-corrected chi connectivity index (χ3v) is 6.92. The number of thiophene rings is 1. The van der Waals surface area contributed by atoms with E-state index in [0.717, 1.165) is 35.0 Å². The molecule has 5 nitrogen and oxygen atoms in total. The maximum atomic E-state index is 13.3. The van der Waals surface area contributed by atoms with E-state index in [1.807, 2.05) is 60.7 Å². The van der Waals surface area contributed by atoms with Crippen LogP contribution < -0.4 is 5.56 Å². The maximum Gasteiger partial charge on any atom is 0.259 e. The van der Waals surface area contributed by atoms with Gasteiger partial charge in [-0.05, 0) is 48.9 Å². The van der Waals surface area contributed by atoms with Gasteiger partial charge in [0.05, 0.1) is 11.9 Å². The van der Waals surface area contributed by atoms with Crippen molar-refractivity contribution in [2.45, 2.75) is 38.8 Å². The fourth-order valence-corrected chi connectivity index (χ4v) is 5.51. The number of H-pyrrole nitrogens is 1. The second kappa shape index (κ2) is 8.47. The molecule has 6 heteroatoms. The quantitative estimate of drug-likeness (QED) is 0.500. The summed E-state index contributed by atoms with van der Waals surface area (Å²) >= 11 is 1.63. The van der Waals surface area contributed by atoms with E-state index in [-0.39, 0.29) is 18.0 Å². The van der Waals surface area contributed by atoms with E-state index in [2.05, 4.69) is 4.98 Å². The summed E-state index contributed by atoms with van der Waals surface area (Å²) in [5, 5.41) is 0.743. The Balaban J connectivity index is 1.50. The number of nitrogens with zero attached hydrogens (tertiary/aromatic N) is 2. The van der Waals surface area contributed by atoms with Gasteiger partial charge in [-0.25, -0.2) is 4.98 Å². The Kier molecular flexibility index (Phi) is 5.38. The number of hydrogen-bond donors (Lipinski definition) is 1. The molecule has 1 amide bonds. The number of fused-ring (bicyclic) bond motifs is 3. The number of aromatic nitrogens is 2. The van der Waals surface area contributed by atoms with Crippen molar-refractivity contribution in [3.8, 4) is 0 Å². The van der Waals surface area contributed by atoms with Crippen LogP contribution in [0.4, 0.5) is 0 Å². The number of carbonyl (C=O) groups is 1. The zero-order valence-corrected chi connectivity index (χ0v) is 18.0. The Morgan fingerprint density at radius 1 is 0.968 bits per heavy atom. The molecule has 1 aliphatic carbocycles. The molecule has 156 valence electrons. The van der Waals surface area contributed by atoms with Gasteiger partial charge in [0.15, 0.2) is 0 Å². The van der Waals surface area contributed by atoms with E-state index >= 15 is 0 Å². The van der Waals surface area contributed by atoms with Crippen LogP contribution in [-0.2, 0) is 25.9 Å². The summed E-state index contributed by atoms with van der Waals surface area (Å²) in [4.78, 5) is 37.7. The van der Waals surface area contributed by atoms with Crippen LogP contribution in [0.1, 0.15) is 45.0 Å². The predicted octanol–water partition coefficient (Wildman–Crippen LogP) is 4.71. The van der Waals surface area contributed by atoms with E-state index < -0.39 is 0 Å². The molecule has 2 aromatic carbocycles. The molecule has 2 heterocycles. The Morgan fingerprint density at radius 3 is 2.45 bits per heavy atom. The van der Waals surface area contributed by atoms with Crippen LogP contribution in [-0.4, -0.2) is 20.8 Å². The van der Waals surface area contributed by atoms with E-state index in [1.54, 1.807) is 16.2 Å². The van der Waals surface area contributed by atoms with Gasteiger partial charge in [0.1, 0.15) is 10.7 Å². The highest BCUT2D eigenvalue weighted by atomic mass is 32.1. The summed E-state index contributed by atoms with van der Waals surface area (Å²) in [6.07, 6.45) is 4.27. The van der Waals surface area contributed by atoms with Crippen LogP contribution in [0.5, 0.6) is 0 Å². The number of amides is 1. The fourth-order valence-electron chi connectivity index (χ4n) is 4.23. The number of aryl methyl sites for hydroxylation is 2. The first kappa shape index (κ1) is 19.7. The van der Waals surface area contributed by atoms with Crippen LogP contribution in [0, 0.1) is 0 Å². The Labute approximate surface area is 184 Å². The van der Waals surface area contributed by atoms with Crippen molar-refractivity contribution < 1.29 is 4.79 Å². The summed E-state index contributed by atoms with van der Waals surface area (Å²) in [6.45, 7) is 0.688. The lowest BCUT2D eigenvalue weighted by atomic mass is 9.97. The van der Waals surface area contributed by atoms with E-state index in [0.29, 0.717) is 17.9 Å². The molecule has 0 saturated heterocycles. The van der Waals surface area contributed by atoms with Crippen molar-refractivity contribution in [2.75, 3.05) is 0 Å². The Bertz CT molecular complexity index is 1280. The molecule has 0 fully saturated rings. The second-order valence-electron chi connectivity index (χ2n) is 7.92. The summed E-state index contributed by atoms with van der Waals surface area (Å²) in [5.74, 6) is 0.439. The van der Waals surface area contributed by atoms with Gasteiger partial charge in [0, 0.05) is 17.0 Å². The van der Waals surface area contributed by atoms with Gasteiger partial charge in [-0.1, -0.05) is 48.5 Å². The number of rotatable bonds is 5. The third-order valence-electron chi connectivity index (χ3n) is 5.74. The maximum absolute atomic E-state index is 13.3. The largest absolute Gasteiger partial charge is 0.327 e. The average molecular weight is 430 g/mol. The summed E-state index contributed by atoms with van der Waals surface area (Å²) < 4.78 is 0. The molecule has 0 saturated carbocycles. The van der Waals surface area contributed by atoms with Gasteiger partial charge in [-0.3, -0.25) is 9.59 Å². The molecular formula is C25H23N3O2S. The number of hydrogen-bond acceptors (Lipinski definition) is 4. The smallest absolute Gasteiger partial charge is 0.259 e. The van der Waals surface area contributed by atoms with Crippen LogP contribution in [0.25, 0.3) is 10.2 Å². The summed E-state index contributed by atoms with van der Waals surface area (Å²) in [5.41, 5.74) is 2.73. The molecule has 4 aromatic rings. The molecule has 0 radical (unpaired) electrons. The highest BCUT2D eigenvalue weighted by Crippen LogP contribution is 2.33. The number of nitrogens with one attached hydrogen (secondary N) is 1. The van der Waals surface area contributed by atoms with E-state index in [1.165, 1.54) is 16.9 Å². The molecule has 5 rings (SSSR count). The van der Waals surface area contributed by atoms with Gasteiger partial charge >= 0.3 is 0 Å². The molecule has 0 unspecified atom stereocenters. The SMILES string of the molecule is O=C(c1ccccc1)N(Cc1ccccc1)Cc1nc2sc3c(c2c(=O)[nH]1)CCCC3. The zero-order valence-electron chi connectivity index (χ0n) is 17.1. The van der Waals surface area contributed by atoms with Gasteiger partial charge in [0.2, 0.25) is 0 Å². The molecule has 0 aliphatic heterocycles. The second-order valence-corrected chi connectivity index (χ2v) is 9.00. The highest BCUT2D eigenvalue weighted by Gasteiger charge is 2.22.